The van der Waals surface area contributed by atoms with Crippen LogP contribution in [0.4, 0.5) is 8.78 Å². The molecular formula is C13H10BrF2N. The fourth-order valence-electron chi connectivity index (χ4n) is 1.61. The predicted molar refractivity (Wildman–Crippen MR) is 66.0 cm³/mol. The van der Waals surface area contributed by atoms with Gasteiger partial charge in [0.1, 0.15) is 11.6 Å². The minimum absolute atomic E-state index is 0.0538. The fraction of sp³-hybridized carbons (Fsp3) is 0.154. The molecule has 0 saturated carbocycles. The molecule has 0 radical (unpaired) electrons. The lowest BCUT2D eigenvalue weighted by molar-refractivity contribution is 0.553. The third kappa shape index (κ3) is 2.88. The largest absolute Gasteiger partial charge is 0.261 e. The molecule has 88 valence electrons. The highest BCUT2D eigenvalue weighted by atomic mass is 79.9. The summed E-state index contributed by atoms with van der Waals surface area (Å²) >= 11 is 3.30. The number of pyridine rings is 1. The van der Waals surface area contributed by atoms with Crippen molar-refractivity contribution in [3.63, 3.8) is 0 Å². The number of rotatable bonds is 3. The molecular weight excluding hydrogens is 288 g/mol. The van der Waals surface area contributed by atoms with Crippen LogP contribution in [-0.2, 0) is 6.42 Å². The zero-order valence-electron chi connectivity index (χ0n) is 8.91. The predicted octanol–water partition coefficient (Wildman–Crippen LogP) is 4.04. The van der Waals surface area contributed by atoms with Crippen LogP contribution in [0.15, 0.2) is 42.6 Å². The van der Waals surface area contributed by atoms with Gasteiger partial charge in [-0.25, -0.2) is 8.78 Å². The fourth-order valence-corrected chi connectivity index (χ4v) is 2.38. The molecule has 0 aliphatic rings. The van der Waals surface area contributed by atoms with Crippen LogP contribution in [0.3, 0.4) is 0 Å². The highest BCUT2D eigenvalue weighted by Gasteiger charge is 2.18. The summed E-state index contributed by atoms with van der Waals surface area (Å²) in [5, 5.41) is 0. The van der Waals surface area contributed by atoms with E-state index < -0.39 is 16.5 Å². The first-order valence-electron chi connectivity index (χ1n) is 5.16. The van der Waals surface area contributed by atoms with E-state index in [0.29, 0.717) is 6.42 Å². The lowest BCUT2D eigenvalue weighted by atomic mass is 10.1. The number of nitrogens with zero attached hydrogens (tertiary/aromatic N) is 1. The molecule has 1 nitrogen and oxygen atoms in total. The quantitative estimate of drug-likeness (QED) is 0.779. The Morgan fingerprint density at radius 1 is 1.06 bits per heavy atom. The van der Waals surface area contributed by atoms with E-state index in [-0.39, 0.29) is 5.56 Å². The molecule has 1 atom stereocenters. The van der Waals surface area contributed by atoms with Crippen LogP contribution in [0.5, 0.6) is 0 Å². The van der Waals surface area contributed by atoms with E-state index in [2.05, 4.69) is 20.9 Å². The second kappa shape index (κ2) is 5.36. The van der Waals surface area contributed by atoms with Gasteiger partial charge in [0.25, 0.3) is 0 Å². The summed E-state index contributed by atoms with van der Waals surface area (Å²) in [5.74, 6) is -1.08. The number of hydrogen-bond acceptors (Lipinski definition) is 1. The third-order valence-electron chi connectivity index (χ3n) is 2.43. The van der Waals surface area contributed by atoms with Gasteiger partial charge in [-0.05, 0) is 24.3 Å². The second-order valence-corrected chi connectivity index (χ2v) is 4.73. The van der Waals surface area contributed by atoms with Crippen molar-refractivity contribution < 1.29 is 8.78 Å². The molecule has 1 unspecified atom stereocenters. The summed E-state index contributed by atoms with van der Waals surface area (Å²) in [5.41, 5.74) is 0.843. The summed E-state index contributed by atoms with van der Waals surface area (Å²) in [6.07, 6.45) is 2.10. The van der Waals surface area contributed by atoms with Crippen LogP contribution >= 0.6 is 15.9 Å². The van der Waals surface area contributed by atoms with Crippen LogP contribution in [0, 0.1) is 11.6 Å². The van der Waals surface area contributed by atoms with E-state index in [0.717, 1.165) is 5.69 Å². The van der Waals surface area contributed by atoms with Crippen LogP contribution in [0.2, 0.25) is 0 Å². The molecule has 17 heavy (non-hydrogen) atoms. The van der Waals surface area contributed by atoms with E-state index in [4.69, 9.17) is 0 Å². The topological polar surface area (TPSA) is 12.9 Å². The SMILES string of the molecule is Fc1cccc(F)c1C(Br)Cc1ccccn1. The van der Waals surface area contributed by atoms with E-state index in [9.17, 15) is 8.78 Å². The first-order valence-corrected chi connectivity index (χ1v) is 6.08. The van der Waals surface area contributed by atoms with Crippen molar-refractivity contribution in [3.8, 4) is 0 Å². The molecule has 0 spiro atoms. The minimum Gasteiger partial charge on any atom is -0.261 e. The van der Waals surface area contributed by atoms with Crippen LogP contribution < -0.4 is 0 Å². The normalized spacial score (nSPS) is 12.4. The number of benzene rings is 1. The lowest BCUT2D eigenvalue weighted by Crippen LogP contribution is -2.03. The van der Waals surface area contributed by atoms with Crippen LogP contribution in [0.1, 0.15) is 16.1 Å². The summed E-state index contributed by atoms with van der Waals surface area (Å²) in [7, 11) is 0. The first kappa shape index (κ1) is 12.2. The van der Waals surface area contributed by atoms with E-state index in [1.807, 2.05) is 12.1 Å². The highest BCUT2D eigenvalue weighted by Crippen LogP contribution is 2.30. The first-order chi connectivity index (χ1) is 8.18. The molecule has 0 fully saturated rings. The van der Waals surface area contributed by atoms with E-state index in [1.54, 1.807) is 12.3 Å². The molecule has 0 amide bonds. The Kier molecular flexibility index (Phi) is 3.84. The third-order valence-corrected chi connectivity index (χ3v) is 3.21. The molecule has 1 aromatic carbocycles. The van der Waals surface area contributed by atoms with Crippen molar-refractivity contribution in [1.29, 1.82) is 0 Å². The van der Waals surface area contributed by atoms with Crippen molar-refractivity contribution in [2.45, 2.75) is 11.2 Å². The standard InChI is InChI=1S/C13H10BrF2N/c14-10(8-9-4-1-2-7-17-9)13-11(15)5-3-6-12(13)16/h1-7,10H,8H2. The summed E-state index contributed by atoms with van der Waals surface area (Å²) in [6.45, 7) is 0. The van der Waals surface area contributed by atoms with Gasteiger partial charge in [0.05, 0.1) is 4.83 Å². The minimum atomic E-state index is -0.539. The molecule has 0 N–H and O–H groups in total. The number of alkyl halides is 1. The maximum absolute atomic E-state index is 13.5. The van der Waals surface area contributed by atoms with Gasteiger partial charge in [-0.3, -0.25) is 4.98 Å². The summed E-state index contributed by atoms with van der Waals surface area (Å²) in [4.78, 5) is 3.71. The van der Waals surface area contributed by atoms with Gasteiger partial charge in [-0.2, -0.15) is 0 Å². The van der Waals surface area contributed by atoms with Gasteiger partial charge in [-0.1, -0.05) is 28.1 Å². The Hall–Kier alpha value is -1.29. The number of hydrogen-bond donors (Lipinski definition) is 0. The summed E-state index contributed by atoms with van der Waals surface area (Å²) in [6, 6.07) is 9.34. The Bertz CT molecular complexity index is 482. The highest BCUT2D eigenvalue weighted by molar-refractivity contribution is 9.09. The Morgan fingerprint density at radius 3 is 2.35 bits per heavy atom. The molecule has 0 saturated heterocycles. The molecule has 0 aliphatic carbocycles. The lowest BCUT2D eigenvalue weighted by Gasteiger charge is -2.11. The Morgan fingerprint density at radius 2 is 1.76 bits per heavy atom. The molecule has 1 aromatic heterocycles. The zero-order valence-corrected chi connectivity index (χ0v) is 10.5. The van der Waals surface area contributed by atoms with E-state index in [1.165, 1.54) is 18.2 Å². The van der Waals surface area contributed by atoms with Crippen molar-refractivity contribution in [3.05, 3.63) is 65.5 Å². The summed E-state index contributed by atoms with van der Waals surface area (Å²) < 4.78 is 27.0. The maximum atomic E-state index is 13.5. The molecule has 2 rings (SSSR count). The van der Waals surface area contributed by atoms with Crippen LogP contribution in [-0.4, -0.2) is 4.98 Å². The Balaban J connectivity index is 2.23. The smallest absolute Gasteiger partial charge is 0.130 e. The Labute approximate surface area is 107 Å². The van der Waals surface area contributed by atoms with Gasteiger partial charge in [0.15, 0.2) is 0 Å². The van der Waals surface area contributed by atoms with Crippen molar-refractivity contribution in [1.82, 2.24) is 4.98 Å². The van der Waals surface area contributed by atoms with Crippen molar-refractivity contribution in [2.24, 2.45) is 0 Å². The molecule has 0 bridgehead atoms. The van der Waals surface area contributed by atoms with Gasteiger partial charge in [0.2, 0.25) is 0 Å². The molecule has 1 heterocycles. The van der Waals surface area contributed by atoms with Gasteiger partial charge in [-0.15, -0.1) is 0 Å². The average Bonchev–Trinajstić information content (AvgIpc) is 2.30. The van der Waals surface area contributed by atoms with Crippen molar-refractivity contribution >= 4 is 15.9 Å². The van der Waals surface area contributed by atoms with Crippen LogP contribution in [0.25, 0.3) is 0 Å². The van der Waals surface area contributed by atoms with Crippen molar-refractivity contribution in [2.75, 3.05) is 0 Å². The van der Waals surface area contributed by atoms with Gasteiger partial charge < -0.3 is 0 Å². The van der Waals surface area contributed by atoms with Gasteiger partial charge in [0, 0.05) is 23.9 Å². The second-order valence-electron chi connectivity index (χ2n) is 3.63. The average molecular weight is 298 g/mol. The molecule has 0 aliphatic heterocycles. The maximum Gasteiger partial charge on any atom is 0.130 e. The van der Waals surface area contributed by atoms with E-state index >= 15 is 0 Å². The van der Waals surface area contributed by atoms with Gasteiger partial charge >= 0.3 is 0 Å². The number of halogens is 3. The monoisotopic (exact) mass is 297 g/mol. The molecule has 4 heteroatoms. The number of aromatic nitrogens is 1. The zero-order chi connectivity index (χ0) is 12.3. The molecule has 2 aromatic rings.